The molecule has 7 rings (SSSR count). The topological polar surface area (TPSA) is 84.2 Å². The van der Waals surface area contributed by atoms with Crippen molar-refractivity contribution in [3.63, 3.8) is 0 Å². The summed E-state index contributed by atoms with van der Waals surface area (Å²) in [5, 5.41) is 12.3. The fraction of sp³-hybridized carbons (Fsp3) is 0.633. The molecule has 0 radical (unpaired) electrons. The molecule has 2 N–H and O–H groups in total. The molecule has 0 saturated heterocycles. The summed E-state index contributed by atoms with van der Waals surface area (Å²) in [6, 6.07) is 6.46. The third-order valence-electron chi connectivity index (χ3n) is 9.86. The average molecular weight is 490 g/mol. The van der Waals surface area contributed by atoms with E-state index < -0.39 is 5.97 Å². The van der Waals surface area contributed by atoms with E-state index in [1.165, 1.54) is 69.9 Å². The van der Waals surface area contributed by atoms with Crippen molar-refractivity contribution in [1.82, 2.24) is 9.55 Å². The van der Waals surface area contributed by atoms with Crippen LogP contribution in [-0.2, 0) is 13.5 Å². The maximum Gasteiger partial charge on any atom is 0.335 e. The first-order chi connectivity index (χ1) is 17.4. The van der Waals surface area contributed by atoms with E-state index in [4.69, 9.17) is 4.98 Å². The van der Waals surface area contributed by atoms with Gasteiger partial charge in [-0.1, -0.05) is 25.3 Å². The van der Waals surface area contributed by atoms with Crippen LogP contribution in [0.4, 0.5) is 5.69 Å². The summed E-state index contributed by atoms with van der Waals surface area (Å²) in [7, 11) is 2.10. The first kappa shape index (κ1) is 23.7. The molecule has 0 unspecified atom stereocenters. The van der Waals surface area contributed by atoms with Gasteiger partial charge in [-0.05, 0) is 106 Å². The number of aromatic nitrogens is 2. The molecule has 1 aromatic heterocycles. The number of nitrogens with zero attached hydrogens (tertiary/aromatic N) is 2. The Morgan fingerprint density at radius 3 is 2.36 bits per heavy atom. The Morgan fingerprint density at radius 2 is 1.72 bits per heavy atom. The summed E-state index contributed by atoms with van der Waals surface area (Å²) < 4.78 is 2.24. The molecular weight excluding hydrogens is 450 g/mol. The van der Waals surface area contributed by atoms with Gasteiger partial charge in [0.15, 0.2) is 0 Å². The van der Waals surface area contributed by atoms with Crippen LogP contribution in [0, 0.1) is 23.2 Å². The van der Waals surface area contributed by atoms with Gasteiger partial charge in [-0.25, -0.2) is 9.78 Å². The lowest BCUT2D eigenvalue weighted by atomic mass is 9.48. The summed E-state index contributed by atoms with van der Waals surface area (Å²) in [4.78, 5) is 29.9. The van der Waals surface area contributed by atoms with E-state index in [9.17, 15) is 14.7 Å². The molecule has 1 heterocycles. The smallest absolute Gasteiger partial charge is 0.335 e. The van der Waals surface area contributed by atoms with Crippen LogP contribution >= 0.6 is 0 Å². The molecule has 1 amide bonds. The van der Waals surface area contributed by atoms with E-state index in [-0.39, 0.29) is 11.5 Å². The number of amides is 1. The number of imidazole rings is 1. The molecule has 6 heteroatoms. The molecule has 5 fully saturated rings. The molecule has 5 aliphatic carbocycles. The first-order valence-electron chi connectivity index (χ1n) is 14.1. The normalized spacial score (nSPS) is 29.4. The molecule has 192 valence electrons. The van der Waals surface area contributed by atoms with Gasteiger partial charge in [0.1, 0.15) is 11.5 Å². The number of carbonyl (C=O) groups is 2. The van der Waals surface area contributed by atoms with Gasteiger partial charge < -0.3 is 15.0 Å². The van der Waals surface area contributed by atoms with Crippen molar-refractivity contribution in [2.75, 3.05) is 5.32 Å². The standard InChI is InChI=1S/C30H39N3O3/c1-33-25(10-11-30-16-19-12-20(17-30)14-21(13-19)18-30)26(32-27(33)22-6-3-2-4-7-22)28(34)31-24-9-5-8-23(15-24)29(35)36/h5,8-9,15,19-22H,2-4,6-7,10-14,16-18H2,1H3,(H,31,34)(H,35,36). The van der Waals surface area contributed by atoms with Crippen LogP contribution in [0.25, 0.3) is 0 Å². The van der Waals surface area contributed by atoms with Crippen molar-refractivity contribution >= 4 is 17.6 Å². The molecule has 36 heavy (non-hydrogen) atoms. The van der Waals surface area contributed by atoms with Gasteiger partial charge >= 0.3 is 5.97 Å². The lowest BCUT2D eigenvalue weighted by molar-refractivity contribution is -0.0571. The van der Waals surface area contributed by atoms with Crippen LogP contribution in [0.15, 0.2) is 24.3 Å². The van der Waals surface area contributed by atoms with E-state index in [0.717, 1.165) is 55.0 Å². The van der Waals surface area contributed by atoms with Gasteiger partial charge in [0, 0.05) is 18.7 Å². The molecule has 5 saturated carbocycles. The van der Waals surface area contributed by atoms with Crippen LogP contribution in [-0.4, -0.2) is 26.5 Å². The highest BCUT2D eigenvalue weighted by Gasteiger charge is 2.50. The lowest BCUT2D eigenvalue weighted by Gasteiger charge is -2.57. The second kappa shape index (κ2) is 9.35. The molecule has 6 nitrogen and oxygen atoms in total. The predicted molar refractivity (Wildman–Crippen MR) is 139 cm³/mol. The number of aromatic carboxylic acids is 1. The molecule has 2 aromatic rings. The second-order valence-corrected chi connectivity index (χ2v) is 12.4. The van der Waals surface area contributed by atoms with Crippen molar-refractivity contribution in [2.45, 2.75) is 89.4 Å². The minimum atomic E-state index is -1.00. The number of nitrogens with one attached hydrogen (secondary N) is 1. The Hall–Kier alpha value is -2.63. The minimum Gasteiger partial charge on any atom is -0.478 e. The Balaban J connectivity index is 1.27. The molecule has 0 atom stereocenters. The molecular formula is C30H39N3O3. The van der Waals surface area contributed by atoms with Gasteiger partial charge in [-0.2, -0.15) is 0 Å². The van der Waals surface area contributed by atoms with Crippen LogP contribution < -0.4 is 5.32 Å². The van der Waals surface area contributed by atoms with Crippen molar-refractivity contribution < 1.29 is 14.7 Å². The average Bonchev–Trinajstić information content (AvgIpc) is 3.19. The third kappa shape index (κ3) is 4.48. The monoisotopic (exact) mass is 489 g/mol. The SMILES string of the molecule is Cn1c(C2CCCCC2)nc(C(=O)Nc2cccc(C(=O)O)c2)c1CCC12CC3CC(CC(C3)C1)C2. The van der Waals surface area contributed by atoms with Gasteiger partial charge in [-0.3, -0.25) is 4.79 Å². The summed E-state index contributed by atoms with van der Waals surface area (Å²) in [6.45, 7) is 0. The van der Waals surface area contributed by atoms with Gasteiger partial charge in [-0.15, -0.1) is 0 Å². The maximum absolute atomic E-state index is 13.6. The van der Waals surface area contributed by atoms with Crippen molar-refractivity contribution in [3.8, 4) is 0 Å². The first-order valence-corrected chi connectivity index (χ1v) is 14.1. The minimum absolute atomic E-state index is 0.166. The van der Waals surface area contributed by atoms with E-state index in [0.29, 0.717) is 22.7 Å². The quantitative estimate of drug-likeness (QED) is 0.461. The van der Waals surface area contributed by atoms with E-state index in [1.54, 1.807) is 12.1 Å². The summed E-state index contributed by atoms with van der Waals surface area (Å²) in [5.74, 6) is 3.01. The molecule has 4 bridgehead atoms. The Bertz CT molecular complexity index is 1120. The van der Waals surface area contributed by atoms with Gasteiger partial charge in [0.25, 0.3) is 5.91 Å². The zero-order valence-corrected chi connectivity index (χ0v) is 21.5. The number of carboxylic acids is 1. The predicted octanol–water partition coefficient (Wildman–Crippen LogP) is 6.57. The van der Waals surface area contributed by atoms with E-state index in [2.05, 4.69) is 16.9 Å². The second-order valence-electron chi connectivity index (χ2n) is 12.4. The van der Waals surface area contributed by atoms with Crippen LogP contribution in [0.5, 0.6) is 0 Å². The maximum atomic E-state index is 13.6. The van der Waals surface area contributed by atoms with Crippen molar-refractivity contribution in [2.24, 2.45) is 30.2 Å². The fourth-order valence-corrected chi connectivity index (χ4v) is 8.65. The number of hydrogen-bond acceptors (Lipinski definition) is 3. The number of hydrogen-bond donors (Lipinski definition) is 2. The fourth-order valence-electron chi connectivity index (χ4n) is 8.65. The van der Waals surface area contributed by atoms with Crippen LogP contribution in [0.3, 0.4) is 0 Å². The van der Waals surface area contributed by atoms with Gasteiger partial charge in [0.2, 0.25) is 0 Å². The van der Waals surface area contributed by atoms with E-state index in [1.807, 2.05) is 0 Å². The third-order valence-corrected chi connectivity index (χ3v) is 9.86. The number of carboxylic acid groups (broad SMARTS) is 1. The summed E-state index contributed by atoms with van der Waals surface area (Å²) in [6.07, 6.45) is 16.5. The number of anilines is 1. The lowest BCUT2D eigenvalue weighted by Crippen LogP contribution is -2.46. The van der Waals surface area contributed by atoms with Crippen LogP contribution in [0.1, 0.15) is 115 Å². The number of rotatable bonds is 7. The number of carbonyl (C=O) groups excluding carboxylic acids is 1. The molecule has 1 aromatic carbocycles. The molecule has 5 aliphatic rings. The van der Waals surface area contributed by atoms with Gasteiger partial charge in [0.05, 0.1) is 11.3 Å². The summed E-state index contributed by atoms with van der Waals surface area (Å²) >= 11 is 0. The van der Waals surface area contributed by atoms with E-state index >= 15 is 0 Å². The Labute approximate surface area is 213 Å². The summed E-state index contributed by atoms with van der Waals surface area (Å²) in [5.41, 5.74) is 2.70. The van der Waals surface area contributed by atoms with Crippen molar-refractivity contribution in [1.29, 1.82) is 0 Å². The highest BCUT2D eigenvalue weighted by atomic mass is 16.4. The zero-order chi connectivity index (χ0) is 24.9. The molecule has 0 spiro atoms. The highest BCUT2D eigenvalue weighted by Crippen LogP contribution is 2.61. The Morgan fingerprint density at radius 1 is 1.06 bits per heavy atom. The highest BCUT2D eigenvalue weighted by molar-refractivity contribution is 6.04. The number of benzene rings is 1. The Kier molecular flexibility index (Phi) is 6.17. The molecule has 0 aliphatic heterocycles. The zero-order valence-electron chi connectivity index (χ0n) is 21.5. The van der Waals surface area contributed by atoms with Crippen LogP contribution in [0.2, 0.25) is 0 Å². The van der Waals surface area contributed by atoms with Crippen molar-refractivity contribution in [3.05, 3.63) is 47.0 Å². The largest absolute Gasteiger partial charge is 0.478 e.